The largest absolute Gasteiger partial charge is 0.481 e. The summed E-state index contributed by atoms with van der Waals surface area (Å²) in [6.07, 6.45) is 0.204. The van der Waals surface area contributed by atoms with Crippen molar-refractivity contribution < 1.29 is 9.90 Å². The normalized spacial score (nSPS) is 11.5. The lowest BCUT2D eigenvalue weighted by molar-refractivity contribution is -0.136. The quantitative estimate of drug-likeness (QED) is 0.604. The van der Waals surface area contributed by atoms with Gasteiger partial charge in [-0.3, -0.25) is 4.79 Å². The van der Waals surface area contributed by atoms with Gasteiger partial charge in [0.15, 0.2) is 0 Å². The summed E-state index contributed by atoms with van der Waals surface area (Å²) in [5, 5.41) is 11.4. The summed E-state index contributed by atoms with van der Waals surface area (Å²) >= 11 is 0. The van der Waals surface area contributed by atoms with Crippen LogP contribution in [0.5, 0.6) is 0 Å². The number of nitrogens with one attached hydrogen (secondary N) is 1. The van der Waals surface area contributed by atoms with Gasteiger partial charge in [0.05, 0.1) is 6.42 Å². The van der Waals surface area contributed by atoms with Crippen molar-refractivity contribution in [3.8, 4) is 0 Å². The standard InChI is InChI=1S/C8H17NO2/c1-8(2,3)6-9-5-4-7(10)11/h9H,4-6H2,1-3H3,(H,10,11). The highest BCUT2D eigenvalue weighted by Crippen LogP contribution is 2.09. The molecule has 0 rings (SSSR count). The minimum Gasteiger partial charge on any atom is -0.481 e. The van der Waals surface area contributed by atoms with Gasteiger partial charge in [0.25, 0.3) is 0 Å². The number of carbonyl (C=O) groups is 1. The fraction of sp³-hybridized carbons (Fsp3) is 0.875. The molecule has 0 aromatic heterocycles. The Hall–Kier alpha value is -0.570. The number of carboxylic acids is 1. The van der Waals surface area contributed by atoms with Crippen LogP contribution in [0.4, 0.5) is 0 Å². The van der Waals surface area contributed by atoms with Gasteiger partial charge in [-0.25, -0.2) is 0 Å². The van der Waals surface area contributed by atoms with Crippen LogP contribution in [-0.2, 0) is 4.79 Å². The molecule has 0 fully saturated rings. The lowest BCUT2D eigenvalue weighted by Gasteiger charge is -2.18. The zero-order valence-corrected chi connectivity index (χ0v) is 7.48. The molecule has 0 bridgehead atoms. The third kappa shape index (κ3) is 9.43. The van der Waals surface area contributed by atoms with Gasteiger partial charge >= 0.3 is 5.97 Å². The molecule has 0 radical (unpaired) electrons. The van der Waals surface area contributed by atoms with E-state index in [1.165, 1.54) is 0 Å². The lowest BCUT2D eigenvalue weighted by atomic mass is 9.97. The first kappa shape index (κ1) is 10.4. The number of rotatable bonds is 4. The summed E-state index contributed by atoms with van der Waals surface area (Å²) in [7, 11) is 0. The molecule has 0 atom stereocenters. The molecule has 0 aliphatic heterocycles. The minimum absolute atomic E-state index is 0.204. The molecule has 2 N–H and O–H groups in total. The summed E-state index contributed by atoms with van der Waals surface area (Å²) in [5.74, 6) is -0.744. The van der Waals surface area contributed by atoms with E-state index >= 15 is 0 Å². The SMILES string of the molecule is CC(C)(C)CNCCC(=O)O. The first-order valence-corrected chi connectivity index (χ1v) is 3.84. The molecule has 3 nitrogen and oxygen atoms in total. The van der Waals surface area contributed by atoms with Crippen LogP contribution in [0.2, 0.25) is 0 Å². The Kier molecular flexibility index (Phi) is 4.11. The molecule has 66 valence electrons. The van der Waals surface area contributed by atoms with E-state index in [9.17, 15) is 4.79 Å². The fourth-order valence-electron chi connectivity index (χ4n) is 0.659. The van der Waals surface area contributed by atoms with E-state index in [-0.39, 0.29) is 11.8 Å². The van der Waals surface area contributed by atoms with Crippen LogP contribution in [0.25, 0.3) is 0 Å². The molecule has 11 heavy (non-hydrogen) atoms. The van der Waals surface area contributed by atoms with Gasteiger partial charge in [-0.2, -0.15) is 0 Å². The fourth-order valence-corrected chi connectivity index (χ4v) is 0.659. The number of aliphatic carboxylic acids is 1. The maximum Gasteiger partial charge on any atom is 0.304 e. The smallest absolute Gasteiger partial charge is 0.304 e. The molecule has 0 aromatic rings. The predicted molar refractivity (Wildman–Crippen MR) is 44.6 cm³/mol. The molecule has 0 aromatic carbocycles. The van der Waals surface area contributed by atoms with Crippen molar-refractivity contribution in [2.75, 3.05) is 13.1 Å². The molecular formula is C8H17NO2. The van der Waals surface area contributed by atoms with Crippen LogP contribution in [0, 0.1) is 5.41 Å². The molecule has 0 spiro atoms. The van der Waals surface area contributed by atoms with Crippen LogP contribution in [0.15, 0.2) is 0 Å². The van der Waals surface area contributed by atoms with E-state index in [1.807, 2.05) is 0 Å². The second-order valence-electron chi connectivity index (χ2n) is 3.88. The summed E-state index contributed by atoms with van der Waals surface area (Å²) < 4.78 is 0. The zero-order chi connectivity index (χ0) is 8.91. The molecule has 0 saturated carbocycles. The number of hydrogen-bond donors (Lipinski definition) is 2. The van der Waals surface area contributed by atoms with Gasteiger partial charge in [-0.05, 0) is 5.41 Å². The van der Waals surface area contributed by atoms with Gasteiger partial charge in [0, 0.05) is 13.1 Å². The minimum atomic E-state index is -0.744. The van der Waals surface area contributed by atoms with E-state index in [0.29, 0.717) is 6.54 Å². The van der Waals surface area contributed by atoms with Crippen molar-refractivity contribution in [2.45, 2.75) is 27.2 Å². The molecule has 0 aliphatic rings. The molecule has 0 amide bonds. The van der Waals surface area contributed by atoms with E-state index < -0.39 is 5.97 Å². The van der Waals surface area contributed by atoms with Crippen molar-refractivity contribution >= 4 is 5.97 Å². The first-order chi connectivity index (χ1) is 4.92. The van der Waals surface area contributed by atoms with Crippen molar-refractivity contribution in [3.05, 3.63) is 0 Å². The topological polar surface area (TPSA) is 49.3 Å². The maximum absolute atomic E-state index is 10.1. The zero-order valence-electron chi connectivity index (χ0n) is 7.48. The number of carboxylic acid groups (broad SMARTS) is 1. The average molecular weight is 159 g/mol. The molecule has 0 unspecified atom stereocenters. The highest BCUT2D eigenvalue weighted by molar-refractivity contribution is 5.66. The Labute approximate surface area is 67.8 Å². The van der Waals surface area contributed by atoms with Crippen LogP contribution < -0.4 is 5.32 Å². The predicted octanol–water partition coefficient (Wildman–Crippen LogP) is 1.10. The summed E-state index contributed by atoms with van der Waals surface area (Å²) in [5.41, 5.74) is 0.235. The highest BCUT2D eigenvalue weighted by atomic mass is 16.4. The molecule has 0 aliphatic carbocycles. The van der Waals surface area contributed by atoms with Crippen molar-refractivity contribution in [2.24, 2.45) is 5.41 Å². The lowest BCUT2D eigenvalue weighted by Crippen LogP contribution is -2.28. The highest BCUT2D eigenvalue weighted by Gasteiger charge is 2.08. The molecule has 0 heterocycles. The maximum atomic E-state index is 10.1. The van der Waals surface area contributed by atoms with Crippen LogP contribution in [0.3, 0.4) is 0 Å². The second-order valence-corrected chi connectivity index (χ2v) is 3.88. The third-order valence-electron chi connectivity index (χ3n) is 1.17. The second kappa shape index (κ2) is 4.34. The van der Waals surface area contributed by atoms with E-state index in [4.69, 9.17) is 5.11 Å². The van der Waals surface area contributed by atoms with E-state index in [1.54, 1.807) is 0 Å². The van der Waals surface area contributed by atoms with Crippen molar-refractivity contribution in [3.63, 3.8) is 0 Å². The van der Waals surface area contributed by atoms with Gasteiger partial charge in [0.1, 0.15) is 0 Å². The molecular weight excluding hydrogens is 142 g/mol. The van der Waals surface area contributed by atoms with E-state index in [0.717, 1.165) is 6.54 Å². The molecule has 0 saturated heterocycles. The Bertz CT molecular complexity index is 127. The Morgan fingerprint density at radius 1 is 1.45 bits per heavy atom. The van der Waals surface area contributed by atoms with Crippen molar-refractivity contribution in [1.82, 2.24) is 5.32 Å². The van der Waals surface area contributed by atoms with Gasteiger partial charge < -0.3 is 10.4 Å². The molecule has 3 heteroatoms. The summed E-state index contributed by atoms with van der Waals surface area (Å²) in [6.45, 7) is 7.76. The summed E-state index contributed by atoms with van der Waals surface area (Å²) in [4.78, 5) is 10.1. The monoisotopic (exact) mass is 159 g/mol. The van der Waals surface area contributed by atoms with Crippen molar-refractivity contribution in [1.29, 1.82) is 0 Å². The number of hydrogen-bond acceptors (Lipinski definition) is 2. The van der Waals surface area contributed by atoms with Crippen LogP contribution in [0.1, 0.15) is 27.2 Å². The van der Waals surface area contributed by atoms with Crippen LogP contribution in [-0.4, -0.2) is 24.2 Å². The van der Waals surface area contributed by atoms with E-state index in [2.05, 4.69) is 26.1 Å². The van der Waals surface area contributed by atoms with Crippen LogP contribution >= 0.6 is 0 Å². The Balaban J connectivity index is 3.22. The average Bonchev–Trinajstić information content (AvgIpc) is 1.78. The van der Waals surface area contributed by atoms with Gasteiger partial charge in [0.2, 0.25) is 0 Å². The summed E-state index contributed by atoms with van der Waals surface area (Å²) in [6, 6.07) is 0. The third-order valence-corrected chi connectivity index (χ3v) is 1.17. The Morgan fingerprint density at radius 2 is 2.00 bits per heavy atom. The first-order valence-electron chi connectivity index (χ1n) is 3.84. The Morgan fingerprint density at radius 3 is 2.36 bits per heavy atom. The van der Waals surface area contributed by atoms with Gasteiger partial charge in [-0.15, -0.1) is 0 Å². The van der Waals surface area contributed by atoms with Gasteiger partial charge in [-0.1, -0.05) is 20.8 Å².